The van der Waals surface area contributed by atoms with Gasteiger partial charge in [-0.15, -0.1) is 0 Å². The monoisotopic (exact) mass is 197 g/mol. The molecule has 0 aliphatic carbocycles. The van der Waals surface area contributed by atoms with E-state index in [0.717, 1.165) is 25.1 Å². The van der Waals surface area contributed by atoms with E-state index in [1.165, 1.54) is 5.69 Å². The molecule has 0 aliphatic heterocycles. The van der Waals surface area contributed by atoms with Crippen LogP contribution in [0.2, 0.25) is 0 Å². The van der Waals surface area contributed by atoms with E-state index in [9.17, 15) is 0 Å². The van der Waals surface area contributed by atoms with Gasteiger partial charge in [-0.05, 0) is 32.8 Å². The van der Waals surface area contributed by atoms with Crippen molar-refractivity contribution in [2.24, 2.45) is 5.73 Å². The minimum absolute atomic E-state index is 0.585. The first-order valence-electron chi connectivity index (χ1n) is 4.39. The van der Waals surface area contributed by atoms with Gasteiger partial charge in [0.05, 0.1) is 10.7 Å². The van der Waals surface area contributed by atoms with E-state index in [-0.39, 0.29) is 0 Å². The molecule has 1 aromatic heterocycles. The third kappa shape index (κ3) is 3.14. The minimum Gasteiger partial charge on any atom is -0.393 e. The van der Waals surface area contributed by atoms with Crippen LogP contribution in [-0.2, 0) is 6.54 Å². The SMILES string of the molecule is Cc1cc(C)n(CCCC(N)=S)n1. The number of hydrogen-bond donors (Lipinski definition) is 1. The Hall–Kier alpha value is -0.900. The summed E-state index contributed by atoms with van der Waals surface area (Å²) in [5.41, 5.74) is 7.66. The maximum Gasteiger partial charge on any atom is 0.0728 e. The predicted octanol–water partition coefficient (Wildman–Crippen LogP) is 1.57. The van der Waals surface area contributed by atoms with E-state index < -0.39 is 0 Å². The van der Waals surface area contributed by atoms with Gasteiger partial charge in [-0.1, -0.05) is 12.2 Å². The van der Waals surface area contributed by atoms with Crippen LogP contribution in [0.25, 0.3) is 0 Å². The molecular weight excluding hydrogens is 182 g/mol. The molecule has 0 aromatic carbocycles. The van der Waals surface area contributed by atoms with Crippen molar-refractivity contribution in [3.05, 3.63) is 17.5 Å². The molecule has 13 heavy (non-hydrogen) atoms. The molecule has 72 valence electrons. The molecule has 0 unspecified atom stereocenters. The highest BCUT2D eigenvalue weighted by Crippen LogP contribution is 2.03. The Bertz CT molecular complexity index is 304. The van der Waals surface area contributed by atoms with Gasteiger partial charge in [0.2, 0.25) is 0 Å². The van der Waals surface area contributed by atoms with Crippen LogP contribution in [0, 0.1) is 13.8 Å². The van der Waals surface area contributed by atoms with E-state index in [2.05, 4.69) is 18.1 Å². The molecule has 4 heteroatoms. The highest BCUT2D eigenvalue weighted by Gasteiger charge is 1.99. The Labute approximate surface area is 83.9 Å². The third-order valence-corrected chi connectivity index (χ3v) is 2.10. The van der Waals surface area contributed by atoms with Gasteiger partial charge in [-0.3, -0.25) is 4.68 Å². The molecule has 0 spiro atoms. The van der Waals surface area contributed by atoms with E-state index in [1.807, 2.05) is 11.6 Å². The zero-order valence-electron chi connectivity index (χ0n) is 8.08. The lowest BCUT2D eigenvalue weighted by Crippen LogP contribution is -2.10. The van der Waals surface area contributed by atoms with E-state index >= 15 is 0 Å². The van der Waals surface area contributed by atoms with Gasteiger partial charge in [0.1, 0.15) is 0 Å². The summed E-state index contributed by atoms with van der Waals surface area (Å²) in [5.74, 6) is 0. The van der Waals surface area contributed by atoms with Crippen LogP contribution in [-0.4, -0.2) is 14.8 Å². The third-order valence-electron chi connectivity index (χ3n) is 1.90. The highest BCUT2D eigenvalue weighted by molar-refractivity contribution is 7.80. The lowest BCUT2D eigenvalue weighted by atomic mass is 10.3. The first kappa shape index (κ1) is 10.2. The Morgan fingerprint density at radius 3 is 2.77 bits per heavy atom. The van der Waals surface area contributed by atoms with Crippen LogP contribution in [0.3, 0.4) is 0 Å². The Kier molecular flexibility index (Phi) is 3.42. The molecule has 0 fully saturated rings. The van der Waals surface area contributed by atoms with Crippen molar-refractivity contribution in [1.29, 1.82) is 0 Å². The van der Waals surface area contributed by atoms with Crippen LogP contribution in [0.4, 0.5) is 0 Å². The first-order chi connectivity index (χ1) is 6.09. The lowest BCUT2D eigenvalue weighted by molar-refractivity contribution is 0.572. The smallest absolute Gasteiger partial charge is 0.0728 e. The standard InChI is InChI=1S/C9H15N3S/c1-7-6-8(2)12(11-7)5-3-4-9(10)13/h6H,3-5H2,1-2H3,(H2,10,13). The molecule has 1 aromatic rings. The summed E-state index contributed by atoms with van der Waals surface area (Å²) in [6.45, 7) is 4.95. The molecular formula is C9H15N3S. The zero-order valence-corrected chi connectivity index (χ0v) is 8.90. The molecule has 1 heterocycles. The minimum atomic E-state index is 0.585. The number of thiocarbonyl (C=S) groups is 1. The number of nitrogens with two attached hydrogens (primary N) is 1. The average molecular weight is 197 g/mol. The summed E-state index contributed by atoms with van der Waals surface area (Å²) in [7, 11) is 0. The van der Waals surface area contributed by atoms with Gasteiger partial charge in [-0.25, -0.2) is 0 Å². The molecule has 2 N–H and O–H groups in total. The summed E-state index contributed by atoms with van der Waals surface area (Å²) in [5, 5.41) is 4.34. The quantitative estimate of drug-likeness (QED) is 0.745. The summed E-state index contributed by atoms with van der Waals surface area (Å²) in [6, 6.07) is 2.07. The Morgan fingerprint density at radius 2 is 2.31 bits per heavy atom. The summed E-state index contributed by atoms with van der Waals surface area (Å²) >= 11 is 4.80. The number of hydrogen-bond acceptors (Lipinski definition) is 2. The summed E-state index contributed by atoms with van der Waals surface area (Å²) in [4.78, 5) is 0.585. The second-order valence-corrected chi connectivity index (χ2v) is 3.74. The van der Waals surface area contributed by atoms with E-state index in [4.69, 9.17) is 18.0 Å². The number of nitrogens with zero attached hydrogens (tertiary/aromatic N) is 2. The van der Waals surface area contributed by atoms with Crippen LogP contribution in [0.5, 0.6) is 0 Å². The van der Waals surface area contributed by atoms with Crippen molar-refractivity contribution in [3.8, 4) is 0 Å². The predicted molar refractivity (Wildman–Crippen MR) is 57.7 cm³/mol. The average Bonchev–Trinajstić information content (AvgIpc) is 2.29. The van der Waals surface area contributed by atoms with Crippen molar-refractivity contribution >= 4 is 17.2 Å². The van der Waals surface area contributed by atoms with Gasteiger partial charge >= 0.3 is 0 Å². The Balaban J connectivity index is 2.45. The first-order valence-corrected chi connectivity index (χ1v) is 4.80. The molecule has 0 aliphatic rings. The maximum absolute atomic E-state index is 5.40. The van der Waals surface area contributed by atoms with Crippen LogP contribution >= 0.6 is 12.2 Å². The molecule has 0 amide bonds. The molecule has 1 rings (SSSR count). The fraction of sp³-hybridized carbons (Fsp3) is 0.556. The molecule has 0 bridgehead atoms. The number of aryl methyl sites for hydroxylation is 3. The number of aromatic nitrogens is 2. The van der Waals surface area contributed by atoms with Gasteiger partial charge < -0.3 is 5.73 Å². The van der Waals surface area contributed by atoms with Crippen LogP contribution in [0.1, 0.15) is 24.2 Å². The van der Waals surface area contributed by atoms with Gasteiger partial charge in [0, 0.05) is 12.2 Å². The molecule has 0 saturated heterocycles. The fourth-order valence-corrected chi connectivity index (χ4v) is 1.45. The molecule has 0 radical (unpaired) electrons. The molecule has 0 atom stereocenters. The van der Waals surface area contributed by atoms with Crippen molar-refractivity contribution in [2.75, 3.05) is 0 Å². The Morgan fingerprint density at radius 1 is 1.62 bits per heavy atom. The highest BCUT2D eigenvalue weighted by atomic mass is 32.1. The largest absolute Gasteiger partial charge is 0.393 e. The zero-order chi connectivity index (χ0) is 9.84. The second-order valence-electron chi connectivity index (χ2n) is 3.22. The van der Waals surface area contributed by atoms with E-state index in [1.54, 1.807) is 0 Å². The normalized spacial score (nSPS) is 10.3. The van der Waals surface area contributed by atoms with E-state index in [0.29, 0.717) is 4.99 Å². The second kappa shape index (κ2) is 4.37. The van der Waals surface area contributed by atoms with Gasteiger partial charge in [0.25, 0.3) is 0 Å². The van der Waals surface area contributed by atoms with Crippen molar-refractivity contribution in [1.82, 2.24) is 9.78 Å². The molecule has 3 nitrogen and oxygen atoms in total. The van der Waals surface area contributed by atoms with Crippen molar-refractivity contribution < 1.29 is 0 Å². The lowest BCUT2D eigenvalue weighted by Gasteiger charge is -2.02. The fourth-order valence-electron chi connectivity index (χ4n) is 1.30. The van der Waals surface area contributed by atoms with Gasteiger partial charge in [0.15, 0.2) is 0 Å². The van der Waals surface area contributed by atoms with Crippen molar-refractivity contribution in [3.63, 3.8) is 0 Å². The van der Waals surface area contributed by atoms with Crippen LogP contribution < -0.4 is 5.73 Å². The maximum atomic E-state index is 5.40. The summed E-state index contributed by atoms with van der Waals surface area (Å²) in [6.07, 6.45) is 1.77. The van der Waals surface area contributed by atoms with Gasteiger partial charge in [-0.2, -0.15) is 5.10 Å². The van der Waals surface area contributed by atoms with Crippen molar-refractivity contribution in [2.45, 2.75) is 33.2 Å². The number of rotatable bonds is 4. The topological polar surface area (TPSA) is 43.8 Å². The summed E-state index contributed by atoms with van der Waals surface area (Å²) < 4.78 is 1.99. The molecule has 0 saturated carbocycles. The van der Waals surface area contributed by atoms with Crippen LogP contribution in [0.15, 0.2) is 6.07 Å².